The van der Waals surface area contributed by atoms with Gasteiger partial charge in [-0.15, -0.1) is 0 Å². The summed E-state index contributed by atoms with van der Waals surface area (Å²) in [5.41, 5.74) is 24.5. The molecule has 0 aliphatic heterocycles. The lowest BCUT2D eigenvalue weighted by molar-refractivity contribution is 0.386. The third-order valence-corrected chi connectivity index (χ3v) is 7.91. The first-order chi connectivity index (χ1) is 17.4. The van der Waals surface area contributed by atoms with Crippen LogP contribution in [0.2, 0.25) is 0 Å². The van der Waals surface area contributed by atoms with E-state index in [2.05, 4.69) is 50.3 Å². The molecule has 4 heteroatoms. The quantitative estimate of drug-likeness (QED) is 0.306. The van der Waals surface area contributed by atoms with Crippen molar-refractivity contribution in [1.82, 2.24) is 0 Å². The van der Waals surface area contributed by atoms with Gasteiger partial charge < -0.3 is 21.7 Å². The zero-order chi connectivity index (χ0) is 27.0. The van der Waals surface area contributed by atoms with E-state index >= 15 is 0 Å². The highest BCUT2D eigenvalue weighted by Gasteiger charge is 2.25. The molecule has 4 nitrogen and oxygen atoms in total. The summed E-state index contributed by atoms with van der Waals surface area (Å²) in [4.78, 5) is 0. The Morgan fingerprint density at radius 2 is 0.973 bits per heavy atom. The summed E-state index contributed by atoms with van der Waals surface area (Å²) in [6.07, 6.45) is 7.92. The highest BCUT2D eigenvalue weighted by Crippen LogP contribution is 2.38. The Morgan fingerprint density at radius 3 is 1.41 bits per heavy atom. The van der Waals surface area contributed by atoms with Crippen molar-refractivity contribution >= 4 is 11.4 Å². The van der Waals surface area contributed by atoms with Gasteiger partial charge >= 0.3 is 0 Å². The maximum Gasteiger partial charge on any atom is 0.118 e. The highest BCUT2D eigenvalue weighted by molar-refractivity contribution is 5.56. The molecule has 0 saturated heterocycles. The molecule has 196 valence electrons. The number of anilines is 2. The van der Waals surface area contributed by atoms with Crippen LogP contribution in [0.15, 0.2) is 70.2 Å². The fraction of sp³-hybridized carbons (Fsp3) is 0.394. The summed E-state index contributed by atoms with van der Waals surface area (Å²) in [6.45, 7) is 12.5. The second kappa shape index (κ2) is 10.5. The molecule has 37 heavy (non-hydrogen) atoms. The first-order valence-corrected chi connectivity index (χ1v) is 13.4. The molecular weight excluding hydrogens is 456 g/mol. The van der Waals surface area contributed by atoms with E-state index in [1.165, 1.54) is 5.56 Å². The molecule has 0 bridgehead atoms. The third-order valence-electron chi connectivity index (χ3n) is 7.91. The van der Waals surface area contributed by atoms with Crippen molar-refractivity contribution in [2.75, 3.05) is 11.5 Å². The summed E-state index contributed by atoms with van der Waals surface area (Å²) in [7, 11) is 0. The van der Waals surface area contributed by atoms with Crippen LogP contribution >= 0.6 is 0 Å². The molecule has 0 fully saturated rings. The summed E-state index contributed by atoms with van der Waals surface area (Å²) in [6, 6.07) is 8.48. The molecule has 0 amide bonds. The maximum atomic E-state index is 11.3. The second-order valence-electron chi connectivity index (χ2n) is 11.5. The van der Waals surface area contributed by atoms with Gasteiger partial charge in [-0.25, -0.2) is 0 Å². The smallest absolute Gasteiger partial charge is 0.118 e. The van der Waals surface area contributed by atoms with Crippen molar-refractivity contribution < 1.29 is 10.2 Å². The minimum atomic E-state index is 0.324. The van der Waals surface area contributed by atoms with Crippen LogP contribution in [0.1, 0.15) is 66.5 Å². The highest BCUT2D eigenvalue weighted by atomic mass is 16.3. The Hall–Kier alpha value is -3.40. The summed E-state index contributed by atoms with van der Waals surface area (Å²) in [5.74, 6) is 1.42. The molecule has 0 saturated carbocycles. The van der Waals surface area contributed by atoms with E-state index in [0.717, 1.165) is 74.3 Å². The van der Waals surface area contributed by atoms with E-state index in [4.69, 9.17) is 11.5 Å². The van der Waals surface area contributed by atoms with Gasteiger partial charge in [0.05, 0.1) is 0 Å². The standard InChI is InChI=1S/C33H42N2O2/c1-18-7-26(15-24-11-20(3)30(34)21(4)12-24)32(36)28(9-18)17-29-10-19(2)8-27(33(29)37)16-25-13-22(5)31(35)23(6)14-25/h7,10-14,18-19,36-37H,8-9,15-17,34-35H2,1-6H3. The number of hydrogen-bond donors (Lipinski definition) is 4. The van der Waals surface area contributed by atoms with Gasteiger partial charge in [-0.2, -0.15) is 0 Å². The van der Waals surface area contributed by atoms with Gasteiger partial charge in [0.25, 0.3) is 0 Å². The lowest BCUT2D eigenvalue weighted by atomic mass is 9.80. The van der Waals surface area contributed by atoms with E-state index in [1.54, 1.807) is 0 Å². The topological polar surface area (TPSA) is 92.5 Å². The van der Waals surface area contributed by atoms with Crippen LogP contribution in [0.5, 0.6) is 0 Å². The Kier molecular flexibility index (Phi) is 7.59. The van der Waals surface area contributed by atoms with E-state index in [9.17, 15) is 10.2 Å². The average Bonchev–Trinajstić information content (AvgIpc) is 2.81. The Bertz CT molecular complexity index is 1310. The number of rotatable bonds is 6. The molecule has 2 atom stereocenters. The monoisotopic (exact) mass is 498 g/mol. The number of aliphatic hydroxyl groups excluding tert-OH is 2. The molecule has 2 aromatic rings. The van der Waals surface area contributed by atoms with Crippen LogP contribution in [0, 0.1) is 39.5 Å². The Morgan fingerprint density at radius 1 is 0.622 bits per heavy atom. The van der Waals surface area contributed by atoms with Gasteiger partial charge in [0, 0.05) is 24.2 Å². The molecule has 2 aromatic carbocycles. The van der Waals surface area contributed by atoms with Crippen LogP contribution in [-0.2, 0) is 12.8 Å². The van der Waals surface area contributed by atoms with Gasteiger partial charge in [0.1, 0.15) is 11.5 Å². The van der Waals surface area contributed by atoms with Crippen molar-refractivity contribution in [2.24, 2.45) is 11.8 Å². The second-order valence-corrected chi connectivity index (χ2v) is 11.5. The first kappa shape index (κ1) is 26.7. The van der Waals surface area contributed by atoms with E-state index in [-0.39, 0.29) is 0 Å². The van der Waals surface area contributed by atoms with Gasteiger partial charge in [0.2, 0.25) is 0 Å². The molecule has 4 rings (SSSR count). The van der Waals surface area contributed by atoms with E-state index in [1.807, 2.05) is 27.7 Å². The molecule has 6 N–H and O–H groups in total. The molecule has 0 spiro atoms. The van der Waals surface area contributed by atoms with Gasteiger partial charge in [-0.05, 0) is 114 Å². The fourth-order valence-electron chi connectivity index (χ4n) is 6.01. The van der Waals surface area contributed by atoms with Crippen molar-refractivity contribution in [3.8, 4) is 0 Å². The number of nitrogen functional groups attached to an aromatic ring is 2. The number of allylic oxidation sites excluding steroid dienone is 6. The molecule has 2 aliphatic rings. The minimum Gasteiger partial charge on any atom is -0.508 e. The zero-order valence-electron chi connectivity index (χ0n) is 23.2. The lowest BCUT2D eigenvalue weighted by Gasteiger charge is -2.26. The first-order valence-electron chi connectivity index (χ1n) is 13.4. The van der Waals surface area contributed by atoms with Crippen LogP contribution < -0.4 is 11.5 Å². The van der Waals surface area contributed by atoms with E-state index in [0.29, 0.717) is 42.6 Å². The van der Waals surface area contributed by atoms with Gasteiger partial charge in [-0.1, -0.05) is 50.3 Å². The number of aryl methyl sites for hydroxylation is 4. The van der Waals surface area contributed by atoms with Gasteiger partial charge in [0.15, 0.2) is 0 Å². The zero-order valence-corrected chi connectivity index (χ0v) is 23.2. The Balaban J connectivity index is 1.60. The van der Waals surface area contributed by atoms with Crippen LogP contribution in [0.4, 0.5) is 11.4 Å². The third kappa shape index (κ3) is 5.79. The lowest BCUT2D eigenvalue weighted by Crippen LogP contribution is -2.14. The van der Waals surface area contributed by atoms with Crippen molar-refractivity contribution in [3.05, 3.63) is 104 Å². The normalized spacial score (nSPS) is 20.3. The predicted octanol–water partition coefficient (Wildman–Crippen LogP) is 7.82. The Labute approximate surface area is 222 Å². The van der Waals surface area contributed by atoms with Gasteiger partial charge in [-0.3, -0.25) is 0 Å². The molecule has 2 aliphatic carbocycles. The SMILES string of the molecule is Cc1cc(CC2=CC(C)CC(CC3=CC(C)CC(Cc4cc(C)c(N)c(C)c4)=C3O)=C2O)cc(C)c1N. The largest absolute Gasteiger partial charge is 0.508 e. The summed E-state index contributed by atoms with van der Waals surface area (Å²) < 4.78 is 0. The van der Waals surface area contributed by atoms with Crippen LogP contribution in [0.25, 0.3) is 0 Å². The van der Waals surface area contributed by atoms with Crippen molar-refractivity contribution in [2.45, 2.75) is 73.6 Å². The van der Waals surface area contributed by atoms with E-state index < -0.39 is 0 Å². The number of benzene rings is 2. The minimum absolute atomic E-state index is 0.324. The molecule has 0 aromatic heterocycles. The number of hydrogen-bond acceptors (Lipinski definition) is 4. The number of aliphatic hydroxyl groups is 2. The van der Waals surface area contributed by atoms with Crippen LogP contribution in [-0.4, -0.2) is 10.2 Å². The van der Waals surface area contributed by atoms with Crippen LogP contribution in [0.3, 0.4) is 0 Å². The summed E-state index contributed by atoms with van der Waals surface area (Å²) in [5, 5.41) is 22.6. The molecule has 2 unspecified atom stereocenters. The van der Waals surface area contributed by atoms with Crippen molar-refractivity contribution in [1.29, 1.82) is 0 Å². The summed E-state index contributed by atoms with van der Waals surface area (Å²) >= 11 is 0. The predicted molar refractivity (Wildman–Crippen MR) is 156 cm³/mol. The molecule has 0 heterocycles. The average molecular weight is 499 g/mol. The molecular formula is C33H42N2O2. The molecule has 0 radical (unpaired) electrons. The number of nitrogens with two attached hydrogens (primary N) is 2. The van der Waals surface area contributed by atoms with Crippen molar-refractivity contribution in [3.63, 3.8) is 0 Å². The fourth-order valence-corrected chi connectivity index (χ4v) is 6.01. The maximum absolute atomic E-state index is 11.3.